The smallest absolute Gasteiger partial charge is 0.151 e. The molecule has 0 amide bonds. The number of hydrogen-bond donors (Lipinski definition) is 0. The standard InChI is InChI=1S/C10H11ClN4S/c1-15(5-9-6-16-7-12-9)10-3-2-8(4-11)13-14-10/h2-3,6-7H,4-5H2,1H3. The van der Waals surface area contributed by atoms with E-state index in [0.717, 1.165) is 23.8 Å². The fraction of sp³-hybridized carbons (Fsp3) is 0.300. The van der Waals surface area contributed by atoms with Crippen LogP contribution in [0.15, 0.2) is 23.0 Å². The van der Waals surface area contributed by atoms with E-state index in [1.807, 2.05) is 35.0 Å². The molecule has 0 fully saturated rings. The number of hydrogen-bond acceptors (Lipinski definition) is 5. The Morgan fingerprint density at radius 3 is 2.75 bits per heavy atom. The maximum atomic E-state index is 5.65. The molecule has 0 unspecified atom stereocenters. The van der Waals surface area contributed by atoms with Crippen molar-refractivity contribution in [2.45, 2.75) is 12.4 Å². The quantitative estimate of drug-likeness (QED) is 0.786. The van der Waals surface area contributed by atoms with Gasteiger partial charge in [-0.2, -0.15) is 5.10 Å². The van der Waals surface area contributed by atoms with Crippen LogP contribution in [0.4, 0.5) is 5.82 Å². The van der Waals surface area contributed by atoms with Gasteiger partial charge in [-0.25, -0.2) is 4.98 Å². The second kappa shape index (κ2) is 5.23. The van der Waals surface area contributed by atoms with Crippen molar-refractivity contribution in [1.82, 2.24) is 15.2 Å². The molecule has 0 saturated heterocycles. The lowest BCUT2D eigenvalue weighted by molar-refractivity contribution is 0.839. The fourth-order valence-electron chi connectivity index (χ4n) is 1.27. The van der Waals surface area contributed by atoms with Crippen LogP contribution in [-0.4, -0.2) is 22.2 Å². The van der Waals surface area contributed by atoms with E-state index >= 15 is 0 Å². The molecule has 0 N–H and O–H groups in total. The maximum absolute atomic E-state index is 5.65. The molecule has 2 aromatic rings. The van der Waals surface area contributed by atoms with Crippen molar-refractivity contribution in [2.75, 3.05) is 11.9 Å². The molecule has 0 saturated carbocycles. The molecular formula is C10H11ClN4S. The van der Waals surface area contributed by atoms with Crippen LogP contribution >= 0.6 is 22.9 Å². The van der Waals surface area contributed by atoms with Crippen LogP contribution in [-0.2, 0) is 12.4 Å². The monoisotopic (exact) mass is 254 g/mol. The average molecular weight is 255 g/mol. The summed E-state index contributed by atoms with van der Waals surface area (Å²) in [6.45, 7) is 0.735. The molecule has 0 aliphatic carbocycles. The second-order valence-electron chi connectivity index (χ2n) is 3.35. The van der Waals surface area contributed by atoms with Gasteiger partial charge in [-0.1, -0.05) is 0 Å². The van der Waals surface area contributed by atoms with Crippen LogP contribution in [0.1, 0.15) is 11.4 Å². The number of nitrogens with zero attached hydrogens (tertiary/aromatic N) is 4. The van der Waals surface area contributed by atoms with Gasteiger partial charge >= 0.3 is 0 Å². The highest BCUT2D eigenvalue weighted by Crippen LogP contribution is 2.12. The molecule has 2 rings (SSSR count). The number of anilines is 1. The van der Waals surface area contributed by atoms with Crippen molar-refractivity contribution in [3.05, 3.63) is 34.4 Å². The summed E-state index contributed by atoms with van der Waals surface area (Å²) >= 11 is 7.24. The highest BCUT2D eigenvalue weighted by molar-refractivity contribution is 7.07. The molecule has 0 spiro atoms. The van der Waals surface area contributed by atoms with Gasteiger partial charge in [0.25, 0.3) is 0 Å². The summed E-state index contributed by atoms with van der Waals surface area (Å²) in [5.41, 5.74) is 3.65. The molecule has 0 atom stereocenters. The van der Waals surface area contributed by atoms with Crippen molar-refractivity contribution in [3.63, 3.8) is 0 Å². The van der Waals surface area contributed by atoms with Gasteiger partial charge in [-0.05, 0) is 12.1 Å². The van der Waals surface area contributed by atoms with Crippen molar-refractivity contribution in [1.29, 1.82) is 0 Å². The zero-order valence-electron chi connectivity index (χ0n) is 8.80. The Morgan fingerprint density at radius 2 is 2.19 bits per heavy atom. The Kier molecular flexibility index (Phi) is 3.69. The van der Waals surface area contributed by atoms with Crippen molar-refractivity contribution < 1.29 is 0 Å². The molecule has 4 nitrogen and oxygen atoms in total. The third kappa shape index (κ3) is 2.68. The zero-order chi connectivity index (χ0) is 11.4. The molecule has 0 bridgehead atoms. The Bertz CT molecular complexity index is 429. The van der Waals surface area contributed by atoms with E-state index < -0.39 is 0 Å². The number of rotatable bonds is 4. The normalized spacial score (nSPS) is 10.4. The first-order chi connectivity index (χ1) is 7.79. The number of aromatic nitrogens is 3. The van der Waals surface area contributed by atoms with E-state index in [-0.39, 0.29) is 0 Å². The van der Waals surface area contributed by atoms with Gasteiger partial charge < -0.3 is 4.90 Å². The first-order valence-corrected chi connectivity index (χ1v) is 6.24. The van der Waals surface area contributed by atoms with E-state index in [4.69, 9.17) is 11.6 Å². The van der Waals surface area contributed by atoms with Gasteiger partial charge in [-0.15, -0.1) is 28.0 Å². The molecule has 16 heavy (non-hydrogen) atoms. The minimum absolute atomic E-state index is 0.392. The summed E-state index contributed by atoms with van der Waals surface area (Å²) in [6.07, 6.45) is 0. The predicted molar refractivity (Wildman–Crippen MR) is 65.8 cm³/mol. The van der Waals surface area contributed by atoms with E-state index in [1.54, 1.807) is 11.3 Å². The molecule has 6 heteroatoms. The lowest BCUT2D eigenvalue weighted by atomic mass is 10.4. The lowest BCUT2D eigenvalue weighted by Crippen LogP contribution is -2.18. The molecule has 0 aliphatic rings. The number of halogens is 1. The molecule has 0 aromatic carbocycles. The van der Waals surface area contributed by atoms with Crippen LogP contribution < -0.4 is 4.90 Å². The SMILES string of the molecule is CN(Cc1cscn1)c1ccc(CCl)nn1. The Labute approximate surface area is 103 Å². The molecule has 84 valence electrons. The van der Waals surface area contributed by atoms with Crippen LogP contribution in [0, 0.1) is 0 Å². The lowest BCUT2D eigenvalue weighted by Gasteiger charge is -2.15. The maximum Gasteiger partial charge on any atom is 0.151 e. The third-order valence-corrected chi connectivity index (χ3v) is 3.03. The second-order valence-corrected chi connectivity index (χ2v) is 4.34. The summed E-state index contributed by atoms with van der Waals surface area (Å²) in [6, 6.07) is 3.80. The van der Waals surface area contributed by atoms with Crippen LogP contribution in [0.3, 0.4) is 0 Å². The zero-order valence-corrected chi connectivity index (χ0v) is 10.4. The summed E-state index contributed by atoms with van der Waals surface area (Å²) in [5, 5.41) is 10.1. The predicted octanol–water partition coefficient (Wildman–Crippen LogP) is 2.31. The summed E-state index contributed by atoms with van der Waals surface area (Å²) < 4.78 is 0. The van der Waals surface area contributed by atoms with Crippen LogP contribution in [0.5, 0.6) is 0 Å². The van der Waals surface area contributed by atoms with Gasteiger partial charge in [0.1, 0.15) is 0 Å². The van der Waals surface area contributed by atoms with Gasteiger partial charge in [0.05, 0.1) is 29.3 Å². The topological polar surface area (TPSA) is 41.9 Å². The van der Waals surface area contributed by atoms with Crippen LogP contribution in [0.25, 0.3) is 0 Å². The van der Waals surface area contributed by atoms with Gasteiger partial charge in [0.15, 0.2) is 5.82 Å². The third-order valence-electron chi connectivity index (χ3n) is 2.12. The minimum Gasteiger partial charge on any atom is -0.352 e. The highest BCUT2D eigenvalue weighted by atomic mass is 35.5. The van der Waals surface area contributed by atoms with Crippen molar-refractivity contribution in [3.8, 4) is 0 Å². The van der Waals surface area contributed by atoms with Crippen molar-refractivity contribution >= 4 is 28.8 Å². The van der Waals surface area contributed by atoms with Crippen molar-refractivity contribution in [2.24, 2.45) is 0 Å². The summed E-state index contributed by atoms with van der Waals surface area (Å²) in [7, 11) is 1.96. The molecular weight excluding hydrogens is 244 g/mol. The molecule has 0 aliphatic heterocycles. The minimum atomic E-state index is 0.392. The Balaban J connectivity index is 2.05. The number of alkyl halides is 1. The first kappa shape index (κ1) is 11.3. The van der Waals surface area contributed by atoms with Gasteiger partial charge in [0.2, 0.25) is 0 Å². The molecule has 0 radical (unpaired) electrons. The van der Waals surface area contributed by atoms with E-state index in [9.17, 15) is 0 Å². The Morgan fingerprint density at radius 1 is 1.31 bits per heavy atom. The molecule has 2 aromatic heterocycles. The summed E-state index contributed by atoms with van der Waals surface area (Å²) in [5.74, 6) is 1.21. The van der Waals surface area contributed by atoms with Crippen LogP contribution in [0.2, 0.25) is 0 Å². The van der Waals surface area contributed by atoms with Gasteiger partial charge in [-0.3, -0.25) is 0 Å². The Hall–Kier alpha value is -1.20. The first-order valence-electron chi connectivity index (χ1n) is 4.76. The number of thiazole rings is 1. The van der Waals surface area contributed by atoms with Gasteiger partial charge in [0, 0.05) is 12.4 Å². The van der Waals surface area contributed by atoms with E-state index in [1.165, 1.54) is 0 Å². The van der Waals surface area contributed by atoms with E-state index in [0.29, 0.717) is 5.88 Å². The fourth-order valence-corrected chi connectivity index (χ4v) is 1.96. The van der Waals surface area contributed by atoms with E-state index in [2.05, 4.69) is 15.2 Å². The average Bonchev–Trinajstić information content (AvgIpc) is 2.82. The summed E-state index contributed by atoms with van der Waals surface area (Å²) in [4.78, 5) is 6.22. The molecule has 2 heterocycles. The largest absolute Gasteiger partial charge is 0.352 e. The highest BCUT2D eigenvalue weighted by Gasteiger charge is 2.05.